The van der Waals surface area contributed by atoms with E-state index in [4.69, 9.17) is 0 Å². The third kappa shape index (κ3) is 1.12. The number of fused-ring (bicyclic) bond motifs is 1. The van der Waals surface area contributed by atoms with E-state index in [-0.39, 0.29) is 12.4 Å². The summed E-state index contributed by atoms with van der Waals surface area (Å²) >= 11 is 0. The highest BCUT2D eigenvalue weighted by molar-refractivity contribution is 5.85. The summed E-state index contributed by atoms with van der Waals surface area (Å²) in [6.07, 6.45) is 1.60. The van der Waals surface area contributed by atoms with Crippen molar-refractivity contribution in [3.8, 4) is 0 Å². The quantitative estimate of drug-likeness (QED) is 0.572. The summed E-state index contributed by atoms with van der Waals surface area (Å²) in [5, 5.41) is 7.23. The standard InChI is InChI=1S/C5H8N4.ClH/c1-2-9-5(3-6-1)7-4-8-9;/h4,6H,1-3H2;1H. The van der Waals surface area contributed by atoms with E-state index in [0.29, 0.717) is 0 Å². The molecule has 0 saturated heterocycles. The molecule has 1 aromatic rings. The Hall–Kier alpha value is -0.610. The fourth-order valence-corrected chi connectivity index (χ4v) is 0.997. The second kappa shape index (κ2) is 2.98. The van der Waals surface area contributed by atoms with Gasteiger partial charge < -0.3 is 5.32 Å². The summed E-state index contributed by atoms with van der Waals surface area (Å²) in [6, 6.07) is 0. The molecule has 1 aromatic heterocycles. The Kier molecular flexibility index (Phi) is 2.24. The molecule has 56 valence electrons. The van der Waals surface area contributed by atoms with Gasteiger partial charge in [0.2, 0.25) is 0 Å². The zero-order valence-corrected chi connectivity index (χ0v) is 6.27. The molecule has 0 unspecified atom stereocenters. The molecule has 0 radical (unpaired) electrons. The Bertz CT molecular complexity index is 189. The number of rotatable bonds is 0. The average Bonchev–Trinajstić information content (AvgIpc) is 2.33. The van der Waals surface area contributed by atoms with E-state index in [1.807, 2.05) is 4.68 Å². The lowest BCUT2D eigenvalue weighted by atomic mass is 10.4. The van der Waals surface area contributed by atoms with Crippen LogP contribution in [-0.4, -0.2) is 21.3 Å². The van der Waals surface area contributed by atoms with Crippen molar-refractivity contribution in [2.75, 3.05) is 6.54 Å². The Balaban J connectivity index is 0.000000500. The molecule has 0 spiro atoms. The van der Waals surface area contributed by atoms with Crippen LogP contribution in [0.25, 0.3) is 0 Å². The molecule has 10 heavy (non-hydrogen) atoms. The summed E-state index contributed by atoms with van der Waals surface area (Å²) in [6.45, 7) is 2.83. The zero-order chi connectivity index (χ0) is 6.10. The van der Waals surface area contributed by atoms with Crippen LogP contribution >= 0.6 is 12.4 Å². The SMILES string of the molecule is Cl.c1nc2n(n1)CCNC2. The normalized spacial score (nSPS) is 15.6. The van der Waals surface area contributed by atoms with Gasteiger partial charge >= 0.3 is 0 Å². The van der Waals surface area contributed by atoms with Crippen molar-refractivity contribution in [1.29, 1.82) is 0 Å². The summed E-state index contributed by atoms with van der Waals surface area (Å²) < 4.78 is 1.93. The van der Waals surface area contributed by atoms with Gasteiger partial charge in [0.1, 0.15) is 12.2 Å². The average molecular weight is 161 g/mol. The molecule has 0 aliphatic carbocycles. The molecule has 0 amide bonds. The molecule has 0 saturated carbocycles. The summed E-state index contributed by atoms with van der Waals surface area (Å²) in [4.78, 5) is 4.05. The first-order valence-corrected chi connectivity index (χ1v) is 3.04. The van der Waals surface area contributed by atoms with E-state index >= 15 is 0 Å². The Morgan fingerprint density at radius 3 is 3.30 bits per heavy atom. The summed E-state index contributed by atoms with van der Waals surface area (Å²) in [5.41, 5.74) is 0. The van der Waals surface area contributed by atoms with Crippen LogP contribution in [-0.2, 0) is 13.1 Å². The number of halogens is 1. The van der Waals surface area contributed by atoms with Gasteiger partial charge in [0.15, 0.2) is 0 Å². The molecular formula is C5H9ClN4. The van der Waals surface area contributed by atoms with Gasteiger partial charge in [-0.1, -0.05) is 0 Å². The second-order valence-corrected chi connectivity index (χ2v) is 2.08. The second-order valence-electron chi connectivity index (χ2n) is 2.08. The van der Waals surface area contributed by atoms with Crippen LogP contribution in [0.3, 0.4) is 0 Å². The van der Waals surface area contributed by atoms with E-state index in [1.165, 1.54) is 0 Å². The molecule has 2 heterocycles. The highest BCUT2D eigenvalue weighted by Crippen LogP contribution is 1.96. The lowest BCUT2D eigenvalue weighted by molar-refractivity contribution is 0.468. The maximum atomic E-state index is 4.05. The van der Waals surface area contributed by atoms with Crippen molar-refractivity contribution < 1.29 is 0 Å². The Morgan fingerprint density at radius 2 is 2.50 bits per heavy atom. The minimum atomic E-state index is 0. The van der Waals surface area contributed by atoms with Crippen LogP contribution in [0.4, 0.5) is 0 Å². The highest BCUT2D eigenvalue weighted by atomic mass is 35.5. The minimum Gasteiger partial charge on any atom is -0.308 e. The van der Waals surface area contributed by atoms with Crippen molar-refractivity contribution in [1.82, 2.24) is 20.1 Å². The molecule has 5 heteroatoms. The van der Waals surface area contributed by atoms with Gasteiger partial charge in [-0.15, -0.1) is 12.4 Å². The first-order chi connectivity index (χ1) is 4.47. The van der Waals surface area contributed by atoms with Crippen molar-refractivity contribution in [3.63, 3.8) is 0 Å². The monoisotopic (exact) mass is 160 g/mol. The Labute approximate surface area is 65.1 Å². The highest BCUT2D eigenvalue weighted by Gasteiger charge is 2.07. The fourth-order valence-electron chi connectivity index (χ4n) is 0.997. The van der Waals surface area contributed by atoms with Crippen LogP contribution in [0.2, 0.25) is 0 Å². The number of hydrogen-bond acceptors (Lipinski definition) is 3. The molecule has 4 nitrogen and oxygen atoms in total. The van der Waals surface area contributed by atoms with Crippen molar-refractivity contribution >= 4 is 12.4 Å². The zero-order valence-electron chi connectivity index (χ0n) is 5.45. The van der Waals surface area contributed by atoms with E-state index in [9.17, 15) is 0 Å². The van der Waals surface area contributed by atoms with Crippen LogP contribution in [0.1, 0.15) is 5.82 Å². The number of aromatic nitrogens is 3. The third-order valence-electron chi connectivity index (χ3n) is 1.48. The number of hydrogen-bond donors (Lipinski definition) is 1. The van der Waals surface area contributed by atoms with E-state index in [2.05, 4.69) is 15.4 Å². The molecule has 1 aliphatic rings. The van der Waals surface area contributed by atoms with Gasteiger partial charge in [-0.05, 0) is 0 Å². The van der Waals surface area contributed by atoms with Crippen LogP contribution in [0.5, 0.6) is 0 Å². The van der Waals surface area contributed by atoms with Crippen LogP contribution < -0.4 is 5.32 Å². The van der Waals surface area contributed by atoms with Crippen molar-refractivity contribution in [2.45, 2.75) is 13.1 Å². The summed E-state index contributed by atoms with van der Waals surface area (Å²) in [5.74, 6) is 1.04. The molecule has 2 rings (SSSR count). The van der Waals surface area contributed by atoms with Gasteiger partial charge in [-0.25, -0.2) is 9.67 Å². The largest absolute Gasteiger partial charge is 0.308 e. The third-order valence-corrected chi connectivity index (χ3v) is 1.48. The Morgan fingerprint density at radius 1 is 1.60 bits per heavy atom. The fraction of sp³-hybridized carbons (Fsp3) is 0.600. The topological polar surface area (TPSA) is 42.7 Å². The van der Waals surface area contributed by atoms with E-state index in [1.54, 1.807) is 6.33 Å². The molecule has 1 N–H and O–H groups in total. The maximum absolute atomic E-state index is 4.05. The maximum Gasteiger partial charge on any atom is 0.140 e. The lowest BCUT2D eigenvalue weighted by Crippen LogP contribution is -2.28. The van der Waals surface area contributed by atoms with E-state index < -0.39 is 0 Å². The molecule has 0 aromatic carbocycles. The molecule has 1 aliphatic heterocycles. The minimum absolute atomic E-state index is 0. The molecule has 0 atom stereocenters. The predicted octanol–water partition coefficient (Wildman–Crippen LogP) is -0.197. The molecular weight excluding hydrogens is 152 g/mol. The number of nitrogens with zero attached hydrogens (tertiary/aromatic N) is 3. The van der Waals surface area contributed by atoms with Gasteiger partial charge in [-0.3, -0.25) is 0 Å². The summed E-state index contributed by atoms with van der Waals surface area (Å²) in [7, 11) is 0. The molecule has 0 bridgehead atoms. The van der Waals surface area contributed by atoms with Gasteiger partial charge in [0.05, 0.1) is 13.1 Å². The lowest BCUT2D eigenvalue weighted by Gasteiger charge is -2.11. The smallest absolute Gasteiger partial charge is 0.140 e. The van der Waals surface area contributed by atoms with Crippen molar-refractivity contribution in [2.24, 2.45) is 0 Å². The predicted molar refractivity (Wildman–Crippen MR) is 39.0 cm³/mol. The first kappa shape index (κ1) is 7.50. The first-order valence-electron chi connectivity index (χ1n) is 3.04. The van der Waals surface area contributed by atoms with Gasteiger partial charge in [0.25, 0.3) is 0 Å². The van der Waals surface area contributed by atoms with Crippen LogP contribution in [0, 0.1) is 0 Å². The van der Waals surface area contributed by atoms with Crippen LogP contribution in [0.15, 0.2) is 6.33 Å². The van der Waals surface area contributed by atoms with E-state index in [0.717, 1.165) is 25.5 Å². The van der Waals surface area contributed by atoms with Crippen molar-refractivity contribution in [3.05, 3.63) is 12.2 Å². The molecule has 0 fully saturated rings. The van der Waals surface area contributed by atoms with Gasteiger partial charge in [-0.2, -0.15) is 5.10 Å². The van der Waals surface area contributed by atoms with Gasteiger partial charge in [0, 0.05) is 6.54 Å². The number of nitrogens with one attached hydrogen (secondary N) is 1.